The summed E-state index contributed by atoms with van der Waals surface area (Å²) in [6.45, 7) is 0. The Labute approximate surface area is 165 Å². The monoisotopic (exact) mass is 384 g/mol. The van der Waals surface area contributed by atoms with Gasteiger partial charge in [-0.25, -0.2) is 0 Å². The van der Waals surface area contributed by atoms with E-state index < -0.39 is 0 Å². The van der Waals surface area contributed by atoms with Crippen LogP contribution in [0.3, 0.4) is 0 Å². The van der Waals surface area contributed by atoms with E-state index in [2.05, 4.69) is 21.4 Å². The van der Waals surface area contributed by atoms with E-state index in [4.69, 9.17) is 0 Å². The quantitative estimate of drug-likeness (QED) is 0.423. The summed E-state index contributed by atoms with van der Waals surface area (Å²) >= 11 is 1.67. The molecule has 0 fully saturated rings. The van der Waals surface area contributed by atoms with Crippen LogP contribution in [-0.4, -0.2) is 25.8 Å². The Kier molecular flexibility index (Phi) is 3.98. The molecule has 0 N–H and O–H groups in total. The third-order valence-electron chi connectivity index (χ3n) is 4.79. The summed E-state index contributed by atoms with van der Waals surface area (Å²) in [5.74, 6) is 0.0464. The number of carbonyl (C=O) groups excluding carboxylic acids is 1. The first-order valence-corrected chi connectivity index (χ1v) is 9.79. The van der Waals surface area contributed by atoms with Gasteiger partial charge in [0.25, 0.3) is 0 Å². The van der Waals surface area contributed by atoms with Gasteiger partial charge in [0.15, 0.2) is 5.78 Å². The Morgan fingerprint density at radius 2 is 1.93 bits per heavy atom. The molecule has 5 rings (SSSR count). The van der Waals surface area contributed by atoms with Crippen LogP contribution in [0.25, 0.3) is 32.1 Å². The number of aryl methyl sites for hydroxylation is 1. The molecule has 3 aromatic heterocycles. The molecule has 0 atom stereocenters. The fraction of sp³-hybridized carbons (Fsp3) is 0.0909. The topological polar surface area (TPSA) is 60.7 Å². The molecule has 0 radical (unpaired) electrons. The molecule has 0 amide bonds. The molecule has 6 heteroatoms. The molecule has 0 spiro atoms. The Bertz CT molecular complexity index is 1330. The lowest BCUT2D eigenvalue weighted by Gasteiger charge is -2.04. The van der Waals surface area contributed by atoms with Gasteiger partial charge >= 0.3 is 0 Å². The third-order valence-corrected chi connectivity index (χ3v) is 5.69. The largest absolute Gasteiger partial charge is 0.294 e. The molecule has 0 saturated carbocycles. The van der Waals surface area contributed by atoms with Gasteiger partial charge in [-0.3, -0.25) is 9.48 Å². The second kappa shape index (κ2) is 6.65. The van der Waals surface area contributed by atoms with Crippen molar-refractivity contribution >= 4 is 38.1 Å². The maximum atomic E-state index is 12.7. The summed E-state index contributed by atoms with van der Waals surface area (Å²) in [4.78, 5) is 12.7. The van der Waals surface area contributed by atoms with Crippen LogP contribution in [0.2, 0.25) is 0 Å². The van der Waals surface area contributed by atoms with Gasteiger partial charge in [0.2, 0.25) is 0 Å². The zero-order valence-electron chi connectivity index (χ0n) is 15.2. The summed E-state index contributed by atoms with van der Waals surface area (Å²) in [5.41, 5.74) is 4.29. The van der Waals surface area contributed by atoms with E-state index in [9.17, 15) is 4.79 Å². The highest BCUT2D eigenvalue weighted by molar-refractivity contribution is 7.17. The molecule has 5 aromatic rings. The first-order valence-electron chi connectivity index (χ1n) is 8.91. The zero-order chi connectivity index (χ0) is 19.1. The van der Waals surface area contributed by atoms with Crippen molar-refractivity contribution in [2.75, 3.05) is 0 Å². The number of rotatable bonds is 4. The number of Topliss-reactive ketones (excluding diaryl/α,β-unsaturated/α-hetero) is 1. The van der Waals surface area contributed by atoms with E-state index >= 15 is 0 Å². The normalized spacial score (nSPS) is 11.3. The lowest BCUT2D eigenvalue weighted by atomic mass is 10.0. The van der Waals surface area contributed by atoms with Crippen molar-refractivity contribution in [2.45, 2.75) is 6.42 Å². The van der Waals surface area contributed by atoms with E-state index in [1.165, 1.54) is 4.70 Å². The van der Waals surface area contributed by atoms with Gasteiger partial charge in [0.05, 0.1) is 23.8 Å². The number of fused-ring (bicyclic) bond motifs is 2. The number of nitrogens with zero attached hydrogens (tertiary/aromatic N) is 4. The zero-order valence-corrected chi connectivity index (χ0v) is 16.0. The Morgan fingerprint density at radius 3 is 2.79 bits per heavy atom. The molecule has 28 heavy (non-hydrogen) atoms. The average Bonchev–Trinajstić information content (AvgIpc) is 3.35. The molecular formula is C22H16N4OS. The maximum Gasteiger partial charge on any atom is 0.168 e. The minimum atomic E-state index is 0.0464. The van der Waals surface area contributed by atoms with Crippen LogP contribution in [0.4, 0.5) is 0 Å². The smallest absolute Gasteiger partial charge is 0.168 e. The minimum Gasteiger partial charge on any atom is -0.294 e. The number of benzene rings is 2. The number of hydrogen-bond donors (Lipinski definition) is 0. The number of thiophene rings is 1. The maximum absolute atomic E-state index is 12.7. The van der Waals surface area contributed by atoms with Crippen molar-refractivity contribution in [1.82, 2.24) is 20.0 Å². The Balaban J connectivity index is 1.45. The lowest BCUT2D eigenvalue weighted by molar-refractivity contribution is 0.0992. The van der Waals surface area contributed by atoms with Crippen molar-refractivity contribution in [1.29, 1.82) is 0 Å². The fourth-order valence-electron chi connectivity index (χ4n) is 3.33. The van der Waals surface area contributed by atoms with Crippen molar-refractivity contribution in [3.8, 4) is 11.1 Å². The van der Waals surface area contributed by atoms with Crippen LogP contribution in [0.5, 0.6) is 0 Å². The predicted molar refractivity (Wildman–Crippen MR) is 112 cm³/mol. The van der Waals surface area contributed by atoms with Gasteiger partial charge in [-0.2, -0.15) is 15.3 Å². The summed E-state index contributed by atoms with van der Waals surface area (Å²) in [6, 6.07) is 15.8. The molecule has 0 bridgehead atoms. The second-order valence-electron chi connectivity index (χ2n) is 6.79. The standard InChI is InChI=1S/C22H16N4OS/c1-26-13-18(12-23-26)14-2-4-20-17(8-14)10-19(24-25-20)11-21(27)15-3-5-22-16(9-15)6-7-28-22/h2-10,12-13H,11H2,1H3. The van der Waals surface area contributed by atoms with E-state index in [1.807, 2.05) is 67.3 Å². The molecule has 2 aromatic carbocycles. The first kappa shape index (κ1) is 16.8. The third kappa shape index (κ3) is 3.08. The summed E-state index contributed by atoms with van der Waals surface area (Å²) in [7, 11) is 1.90. The van der Waals surface area contributed by atoms with E-state index in [1.54, 1.807) is 16.0 Å². The molecule has 0 unspecified atom stereocenters. The highest BCUT2D eigenvalue weighted by Gasteiger charge is 2.11. The van der Waals surface area contributed by atoms with Gasteiger partial charge < -0.3 is 0 Å². The van der Waals surface area contributed by atoms with Gasteiger partial charge in [0.1, 0.15) is 0 Å². The SMILES string of the molecule is Cn1cc(-c2ccc3nnc(CC(=O)c4ccc5sccc5c4)cc3c2)cn1. The van der Waals surface area contributed by atoms with Gasteiger partial charge in [-0.15, -0.1) is 11.3 Å². The molecule has 0 aliphatic heterocycles. The minimum absolute atomic E-state index is 0.0464. The summed E-state index contributed by atoms with van der Waals surface area (Å²) in [5, 5.41) is 16.9. The molecule has 136 valence electrons. The molecule has 3 heterocycles. The van der Waals surface area contributed by atoms with Crippen molar-refractivity contribution < 1.29 is 4.79 Å². The van der Waals surface area contributed by atoms with E-state index in [-0.39, 0.29) is 12.2 Å². The molecular weight excluding hydrogens is 368 g/mol. The van der Waals surface area contributed by atoms with Crippen molar-refractivity contribution in [3.63, 3.8) is 0 Å². The highest BCUT2D eigenvalue weighted by Crippen LogP contribution is 2.24. The van der Waals surface area contributed by atoms with Crippen LogP contribution < -0.4 is 0 Å². The predicted octanol–water partition coefficient (Wildman–Crippen LogP) is 4.67. The van der Waals surface area contributed by atoms with Crippen molar-refractivity contribution in [3.05, 3.63) is 77.6 Å². The van der Waals surface area contributed by atoms with E-state index in [0.29, 0.717) is 11.3 Å². The molecule has 0 aliphatic carbocycles. The van der Waals surface area contributed by atoms with Gasteiger partial charge in [0, 0.05) is 34.5 Å². The Hall–Kier alpha value is -3.38. The lowest BCUT2D eigenvalue weighted by Crippen LogP contribution is -2.06. The van der Waals surface area contributed by atoms with Crippen LogP contribution in [0.15, 0.2) is 66.3 Å². The molecule has 5 nitrogen and oxygen atoms in total. The molecule has 0 aliphatic rings. The number of aromatic nitrogens is 4. The van der Waals surface area contributed by atoms with Crippen molar-refractivity contribution in [2.24, 2.45) is 7.05 Å². The summed E-state index contributed by atoms with van der Waals surface area (Å²) in [6.07, 6.45) is 4.04. The summed E-state index contributed by atoms with van der Waals surface area (Å²) < 4.78 is 2.96. The number of hydrogen-bond acceptors (Lipinski definition) is 5. The van der Waals surface area contributed by atoms with Crippen LogP contribution in [0.1, 0.15) is 16.1 Å². The van der Waals surface area contributed by atoms with Crippen LogP contribution in [-0.2, 0) is 13.5 Å². The van der Waals surface area contributed by atoms with Gasteiger partial charge in [-0.1, -0.05) is 6.07 Å². The van der Waals surface area contributed by atoms with Gasteiger partial charge in [-0.05, 0) is 58.8 Å². The highest BCUT2D eigenvalue weighted by atomic mass is 32.1. The average molecular weight is 384 g/mol. The number of carbonyl (C=O) groups is 1. The van der Waals surface area contributed by atoms with Crippen LogP contribution >= 0.6 is 11.3 Å². The molecule has 0 saturated heterocycles. The second-order valence-corrected chi connectivity index (χ2v) is 7.73. The van der Waals surface area contributed by atoms with E-state index in [0.717, 1.165) is 27.4 Å². The van der Waals surface area contributed by atoms with Crippen LogP contribution in [0, 0.1) is 0 Å². The fourth-order valence-corrected chi connectivity index (χ4v) is 4.10. The number of ketones is 1. The first-order chi connectivity index (χ1) is 13.7. The Morgan fingerprint density at radius 1 is 1.00 bits per heavy atom.